The molecule has 12 nitrogen and oxygen atoms in total. The number of halogens is 1. The van der Waals surface area contributed by atoms with Crippen LogP contribution in [0.3, 0.4) is 0 Å². The van der Waals surface area contributed by atoms with Gasteiger partial charge in [0.2, 0.25) is 5.95 Å². The lowest BCUT2D eigenvalue weighted by Crippen LogP contribution is -2.52. The molecule has 2 fully saturated rings. The van der Waals surface area contributed by atoms with Crippen molar-refractivity contribution in [2.45, 2.75) is 37.3 Å². The largest absolute Gasteiger partial charge is 0.479 e. The molecule has 13 heteroatoms. The molecule has 228 valence electrons. The van der Waals surface area contributed by atoms with Crippen molar-refractivity contribution in [3.63, 3.8) is 0 Å². The topological polar surface area (TPSA) is 127 Å². The van der Waals surface area contributed by atoms with Crippen LogP contribution in [0.2, 0.25) is 5.02 Å². The number of nitrogens with one attached hydrogen (secondary N) is 1. The smallest absolute Gasteiger partial charge is 0.333 e. The van der Waals surface area contributed by atoms with Gasteiger partial charge in [-0.25, -0.2) is 9.31 Å². The predicted octanol–water partition coefficient (Wildman–Crippen LogP) is 2.94. The van der Waals surface area contributed by atoms with Crippen LogP contribution in [0, 0.1) is 0 Å². The van der Waals surface area contributed by atoms with Crippen molar-refractivity contribution in [2.24, 2.45) is 0 Å². The maximum Gasteiger partial charge on any atom is 0.333 e. The summed E-state index contributed by atoms with van der Waals surface area (Å²) in [6.07, 6.45) is 6.05. The van der Waals surface area contributed by atoms with Crippen LogP contribution in [0.1, 0.15) is 24.8 Å². The summed E-state index contributed by atoms with van der Waals surface area (Å²) in [7, 11) is 2.17. The van der Waals surface area contributed by atoms with Gasteiger partial charge in [0.25, 0.3) is 0 Å². The van der Waals surface area contributed by atoms with E-state index in [1.54, 1.807) is 22.8 Å². The molecular weight excluding hydrogens is 570 g/mol. The standard InChI is InChI=1S/C30H38ClN9O3/c1-36-16-18-37(19-17-36)11-3-12-39-21-24(20-32-39)33-29-34-27-25(4-2-13-40(27)35-29)38-14-9-30(10-15-38,26(41)28(42)43)22-5-7-23(31)8-6-22/h2,4-8,13,20-21,26,41H,3,9-12,14-19H2,1H3,(H,33,35)(H,42,43). The highest BCUT2D eigenvalue weighted by Crippen LogP contribution is 2.41. The van der Waals surface area contributed by atoms with E-state index in [2.05, 4.69) is 37.3 Å². The van der Waals surface area contributed by atoms with Crippen LogP contribution >= 0.6 is 11.6 Å². The van der Waals surface area contributed by atoms with Gasteiger partial charge in [-0.15, -0.1) is 5.10 Å². The van der Waals surface area contributed by atoms with Crippen LogP contribution in [0.25, 0.3) is 5.65 Å². The summed E-state index contributed by atoms with van der Waals surface area (Å²) in [5.74, 6) is -0.754. The zero-order valence-corrected chi connectivity index (χ0v) is 25.1. The van der Waals surface area contributed by atoms with Gasteiger partial charge in [0.1, 0.15) is 0 Å². The number of rotatable bonds is 10. The van der Waals surface area contributed by atoms with E-state index < -0.39 is 17.5 Å². The summed E-state index contributed by atoms with van der Waals surface area (Å²) >= 11 is 6.09. The Labute approximate surface area is 255 Å². The fraction of sp³-hybridized carbons (Fsp3) is 0.467. The first-order valence-corrected chi connectivity index (χ1v) is 15.2. The number of aliphatic carboxylic acids is 1. The van der Waals surface area contributed by atoms with Gasteiger partial charge in [-0.2, -0.15) is 10.1 Å². The number of nitrogens with zero attached hydrogens (tertiary/aromatic N) is 8. The van der Waals surface area contributed by atoms with Crippen molar-refractivity contribution in [3.05, 3.63) is 65.6 Å². The number of fused-ring (bicyclic) bond motifs is 1. The number of likely N-dealkylation sites (N-methyl/N-ethyl adjacent to an activating group) is 1. The maximum absolute atomic E-state index is 11.9. The number of aliphatic hydroxyl groups excluding tert-OH is 1. The molecule has 2 aliphatic rings. The van der Waals surface area contributed by atoms with E-state index in [1.807, 2.05) is 41.3 Å². The van der Waals surface area contributed by atoms with E-state index in [-0.39, 0.29) is 0 Å². The van der Waals surface area contributed by atoms with Crippen LogP contribution in [0.5, 0.6) is 0 Å². The summed E-state index contributed by atoms with van der Waals surface area (Å²) in [4.78, 5) is 23.8. The fourth-order valence-electron chi connectivity index (χ4n) is 6.28. The van der Waals surface area contributed by atoms with Crippen LogP contribution in [0.4, 0.5) is 17.3 Å². The zero-order chi connectivity index (χ0) is 30.0. The Morgan fingerprint density at radius 1 is 1.07 bits per heavy atom. The highest BCUT2D eigenvalue weighted by Gasteiger charge is 2.46. The second kappa shape index (κ2) is 12.5. The number of piperidine rings is 1. The van der Waals surface area contributed by atoms with Gasteiger partial charge in [-0.05, 0) is 62.7 Å². The third-order valence-electron chi connectivity index (χ3n) is 8.86. The lowest BCUT2D eigenvalue weighted by atomic mass is 9.68. The maximum atomic E-state index is 11.9. The molecule has 43 heavy (non-hydrogen) atoms. The monoisotopic (exact) mass is 607 g/mol. The second-order valence-corrected chi connectivity index (χ2v) is 12.0. The summed E-state index contributed by atoms with van der Waals surface area (Å²) in [5.41, 5.74) is 2.28. The van der Waals surface area contributed by atoms with Crippen LogP contribution in [-0.2, 0) is 16.8 Å². The van der Waals surface area contributed by atoms with E-state index in [4.69, 9.17) is 16.6 Å². The van der Waals surface area contributed by atoms with Gasteiger partial charge < -0.3 is 30.2 Å². The van der Waals surface area contributed by atoms with Crippen molar-refractivity contribution < 1.29 is 15.0 Å². The van der Waals surface area contributed by atoms with Gasteiger partial charge in [0.05, 0.1) is 17.6 Å². The number of carboxylic acid groups (broad SMARTS) is 1. The molecule has 4 aromatic rings. The molecule has 2 saturated heterocycles. The zero-order valence-electron chi connectivity index (χ0n) is 24.3. The number of hydrogen-bond acceptors (Lipinski definition) is 9. The van der Waals surface area contributed by atoms with Crippen LogP contribution in [-0.4, -0.2) is 109 Å². The van der Waals surface area contributed by atoms with E-state index >= 15 is 0 Å². The minimum atomic E-state index is -1.52. The Bertz CT molecular complexity index is 1540. The molecule has 0 aliphatic carbocycles. The van der Waals surface area contributed by atoms with Crippen molar-refractivity contribution in [3.8, 4) is 0 Å². The highest BCUT2D eigenvalue weighted by atomic mass is 35.5. The molecule has 2 aliphatic heterocycles. The van der Waals surface area contributed by atoms with Crippen LogP contribution in [0.15, 0.2) is 55.0 Å². The number of aryl methyl sites for hydroxylation is 1. The normalized spacial score (nSPS) is 18.6. The summed E-state index contributed by atoms with van der Waals surface area (Å²) in [5, 5.41) is 33.5. The molecule has 3 aromatic heterocycles. The van der Waals surface area contributed by atoms with E-state index in [1.165, 1.54) is 0 Å². The quantitative estimate of drug-likeness (QED) is 0.248. The number of benzene rings is 1. The van der Waals surface area contributed by atoms with Gasteiger partial charge in [0, 0.05) is 68.6 Å². The minimum Gasteiger partial charge on any atom is -0.479 e. The molecule has 1 aromatic carbocycles. The number of hydrogen-bond donors (Lipinski definition) is 3. The Hall–Kier alpha value is -3.71. The van der Waals surface area contributed by atoms with E-state index in [9.17, 15) is 15.0 Å². The molecule has 0 radical (unpaired) electrons. The number of anilines is 3. The van der Waals surface area contributed by atoms with Gasteiger partial charge >= 0.3 is 5.97 Å². The van der Waals surface area contributed by atoms with Crippen molar-refractivity contribution >= 4 is 40.5 Å². The summed E-state index contributed by atoms with van der Waals surface area (Å²) < 4.78 is 3.69. The molecule has 0 saturated carbocycles. The number of aromatic nitrogens is 5. The van der Waals surface area contributed by atoms with Crippen molar-refractivity contribution in [1.82, 2.24) is 34.2 Å². The molecule has 1 atom stereocenters. The third-order valence-corrected chi connectivity index (χ3v) is 9.11. The first-order valence-electron chi connectivity index (χ1n) is 14.8. The molecule has 6 rings (SSSR count). The van der Waals surface area contributed by atoms with E-state index in [0.717, 1.165) is 62.6 Å². The number of piperazine rings is 1. The summed E-state index contributed by atoms with van der Waals surface area (Å²) in [6.45, 7) is 7.49. The van der Waals surface area contributed by atoms with Crippen molar-refractivity contribution in [2.75, 3.05) is 63.1 Å². The van der Waals surface area contributed by atoms with Crippen LogP contribution < -0.4 is 10.2 Å². The Balaban J connectivity index is 1.11. The SMILES string of the molecule is CN1CCN(CCCn2cc(Nc3nc4c(N5CCC(c6ccc(Cl)cc6)(C(O)C(=O)O)CC5)cccn4n3)cn2)CC1. The van der Waals surface area contributed by atoms with Gasteiger partial charge in [-0.1, -0.05) is 23.7 Å². The fourth-order valence-corrected chi connectivity index (χ4v) is 6.41. The molecule has 5 heterocycles. The average molecular weight is 608 g/mol. The number of pyridine rings is 1. The van der Waals surface area contributed by atoms with Gasteiger partial charge in [-0.3, -0.25) is 4.68 Å². The second-order valence-electron chi connectivity index (χ2n) is 11.6. The number of aliphatic hydroxyl groups is 1. The lowest BCUT2D eigenvalue weighted by molar-refractivity contribution is -0.151. The first kappa shape index (κ1) is 29.4. The molecule has 0 spiro atoms. The predicted molar refractivity (Wildman–Crippen MR) is 165 cm³/mol. The lowest BCUT2D eigenvalue weighted by Gasteiger charge is -2.44. The molecule has 0 amide bonds. The third kappa shape index (κ3) is 6.32. The number of carboxylic acids is 1. The van der Waals surface area contributed by atoms with E-state index in [0.29, 0.717) is 42.5 Å². The average Bonchev–Trinajstić information content (AvgIpc) is 3.64. The van der Waals surface area contributed by atoms with Gasteiger partial charge in [0.15, 0.2) is 11.8 Å². The molecular formula is C30H38ClN9O3. The molecule has 1 unspecified atom stereocenters. The Morgan fingerprint density at radius 2 is 1.81 bits per heavy atom. The molecule has 0 bridgehead atoms. The van der Waals surface area contributed by atoms with Crippen molar-refractivity contribution in [1.29, 1.82) is 0 Å². The summed E-state index contributed by atoms with van der Waals surface area (Å²) in [6, 6.07) is 11.0. The Kier molecular flexibility index (Phi) is 8.53. The Morgan fingerprint density at radius 3 is 2.53 bits per heavy atom. The minimum absolute atomic E-state index is 0.455. The number of carbonyl (C=O) groups is 1. The molecule has 3 N–H and O–H groups in total. The first-order chi connectivity index (χ1) is 20.8. The highest BCUT2D eigenvalue weighted by molar-refractivity contribution is 6.30.